The zero-order chi connectivity index (χ0) is 37.0. The molecule has 0 aliphatic heterocycles. The Morgan fingerprint density at radius 3 is 1.64 bits per heavy atom. The van der Waals surface area contributed by atoms with Crippen LogP contribution in [0.4, 0.5) is 0 Å². The number of aromatic nitrogens is 3. The summed E-state index contributed by atoms with van der Waals surface area (Å²) in [5.41, 5.74) is 11.5. The van der Waals surface area contributed by atoms with Gasteiger partial charge in [0.1, 0.15) is 11.2 Å². The number of benzene rings is 8. The van der Waals surface area contributed by atoms with E-state index >= 15 is 0 Å². The van der Waals surface area contributed by atoms with Crippen molar-refractivity contribution >= 4 is 53.4 Å². The molecule has 0 radical (unpaired) electrons. The van der Waals surface area contributed by atoms with Crippen molar-refractivity contribution < 1.29 is 4.42 Å². The molecule has 0 atom stereocenters. The SMILES string of the molecule is c1ccc(-c2ccc(-c3nc(-c4ccccc4)nc(-c4cccc5c4sc4cccc(-c6cc(-c7ccccc7)c7c(c6)oc6ccccc67)c45)n3)cc2)cc1. The molecule has 0 aliphatic carbocycles. The van der Waals surface area contributed by atoms with Gasteiger partial charge in [-0.2, -0.15) is 0 Å². The topological polar surface area (TPSA) is 51.8 Å². The molecule has 0 bridgehead atoms. The van der Waals surface area contributed by atoms with Crippen molar-refractivity contribution in [3.05, 3.63) is 188 Å². The van der Waals surface area contributed by atoms with Crippen molar-refractivity contribution in [2.75, 3.05) is 0 Å². The fourth-order valence-electron chi connectivity index (χ4n) is 7.90. The Hall–Kier alpha value is -7.21. The summed E-state index contributed by atoms with van der Waals surface area (Å²) in [5.74, 6) is 1.93. The third kappa shape index (κ3) is 5.48. The molecular formula is C51H31N3OS. The van der Waals surface area contributed by atoms with Crippen LogP contribution in [0.1, 0.15) is 0 Å². The number of furan rings is 1. The molecule has 0 amide bonds. The lowest BCUT2D eigenvalue weighted by atomic mass is 9.92. The van der Waals surface area contributed by atoms with Gasteiger partial charge in [-0.3, -0.25) is 0 Å². The summed E-state index contributed by atoms with van der Waals surface area (Å²) >= 11 is 1.78. The molecule has 0 saturated heterocycles. The molecule has 3 aromatic heterocycles. The van der Waals surface area contributed by atoms with Crippen LogP contribution in [0.2, 0.25) is 0 Å². The highest BCUT2D eigenvalue weighted by molar-refractivity contribution is 7.26. The average molecular weight is 734 g/mol. The maximum Gasteiger partial charge on any atom is 0.165 e. The summed E-state index contributed by atoms with van der Waals surface area (Å²) in [7, 11) is 0. The van der Waals surface area contributed by atoms with Crippen molar-refractivity contribution in [3.63, 3.8) is 0 Å². The van der Waals surface area contributed by atoms with Gasteiger partial charge in [-0.25, -0.2) is 15.0 Å². The number of hydrogen-bond acceptors (Lipinski definition) is 5. The summed E-state index contributed by atoms with van der Waals surface area (Å²) in [4.78, 5) is 15.3. The minimum atomic E-state index is 0.639. The molecule has 56 heavy (non-hydrogen) atoms. The van der Waals surface area contributed by atoms with Crippen LogP contribution in [0.3, 0.4) is 0 Å². The standard InChI is InChI=1S/C51H31N3OS/c1-4-14-32(15-5-1)33-26-28-36(29-27-33)50-52-49(35-18-8-3-9-19-35)53-51(54-50)41-23-12-22-40-47-38(21-13-25-45(47)56-48(40)41)37-30-42(34-16-6-2-7-17-34)46-39-20-10-11-24-43(39)55-44(46)31-37/h1-31H. The van der Waals surface area contributed by atoms with Gasteiger partial charge >= 0.3 is 0 Å². The van der Waals surface area contributed by atoms with E-state index in [0.29, 0.717) is 17.5 Å². The lowest BCUT2D eigenvalue weighted by Crippen LogP contribution is -2.00. The van der Waals surface area contributed by atoms with Gasteiger partial charge in [0.15, 0.2) is 17.5 Å². The van der Waals surface area contributed by atoms with Crippen LogP contribution in [0.5, 0.6) is 0 Å². The molecule has 0 saturated carbocycles. The molecule has 0 fully saturated rings. The Kier molecular flexibility index (Phi) is 7.64. The van der Waals surface area contributed by atoms with Crippen molar-refractivity contribution in [3.8, 4) is 67.5 Å². The third-order valence-corrected chi connectivity index (χ3v) is 11.8. The molecule has 3 heterocycles. The molecule has 4 nitrogen and oxygen atoms in total. The van der Waals surface area contributed by atoms with Gasteiger partial charge in [0, 0.05) is 47.6 Å². The molecular weight excluding hydrogens is 703 g/mol. The zero-order valence-corrected chi connectivity index (χ0v) is 30.9. The van der Waals surface area contributed by atoms with E-state index in [4.69, 9.17) is 19.4 Å². The van der Waals surface area contributed by atoms with E-state index in [9.17, 15) is 0 Å². The maximum atomic E-state index is 6.54. The van der Waals surface area contributed by atoms with Crippen LogP contribution in [-0.4, -0.2) is 15.0 Å². The van der Waals surface area contributed by atoms with Gasteiger partial charge in [-0.1, -0.05) is 158 Å². The Balaban J connectivity index is 1.10. The van der Waals surface area contributed by atoms with Gasteiger partial charge in [0.05, 0.1) is 0 Å². The molecule has 5 heteroatoms. The quantitative estimate of drug-likeness (QED) is 0.171. The third-order valence-electron chi connectivity index (χ3n) is 10.6. The van der Waals surface area contributed by atoms with Crippen LogP contribution in [-0.2, 0) is 0 Å². The predicted octanol–water partition coefficient (Wildman–Crippen LogP) is 14.1. The van der Waals surface area contributed by atoms with Gasteiger partial charge in [-0.15, -0.1) is 11.3 Å². The molecule has 262 valence electrons. The minimum absolute atomic E-state index is 0.639. The van der Waals surface area contributed by atoms with Gasteiger partial charge in [0.25, 0.3) is 0 Å². The number of hydrogen-bond donors (Lipinski definition) is 0. The summed E-state index contributed by atoms with van der Waals surface area (Å²) in [6.45, 7) is 0. The first-order valence-electron chi connectivity index (χ1n) is 18.7. The summed E-state index contributed by atoms with van der Waals surface area (Å²) < 4.78 is 8.88. The number of nitrogens with zero attached hydrogens (tertiary/aromatic N) is 3. The van der Waals surface area contributed by atoms with E-state index < -0.39 is 0 Å². The number of fused-ring (bicyclic) bond motifs is 6. The average Bonchev–Trinajstić information content (AvgIpc) is 3.86. The van der Waals surface area contributed by atoms with Crippen LogP contribution in [0, 0.1) is 0 Å². The van der Waals surface area contributed by atoms with Crippen molar-refractivity contribution in [1.29, 1.82) is 0 Å². The van der Waals surface area contributed by atoms with Crippen molar-refractivity contribution in [1.82, 2.24) is 15.0 Å². The lowest BCUT2D eigenvalue weighted by Gasteiger charge is -2.11. The van der Waals surface area contributed by atoms with Gasteiger partial charge in [-0.05, 0) is 63.7 Å². The second kappa shape index (κ2) is 13.3. The van der Waals surface area contributed by atoms with E-state index in [0.717, 1.165) is 71.1 Å². The molecule has 11 aromatic rings. The van der Waals surface area contributed by atoms with E-state index in [1.54, 1.807) is 11.3 Å². The smallest absolute Gasteiger partial charge is 0.165 e. The van der Waals surface area contributed by atoms with Gasteiger partial charge in [0.2, 0.25) is 0 Å². The van der Waals surface area contributed by atoms with Crippen LogP contribution < -0.4 is 0 Å². The molecule has 0 unspecified atom stereocenters. The Morgan fingerprint density at radius 1 is 0.339 bits per heavy atom. The predicted molar refractivity (Wildman–Crippen MR) is 233 cm³/mol. The van der Waals surface area contributed by atoms with Crippen LogP contribution >= 0.6 is 11.3 Å². The summed E-state index contributed by atoms with van der Waals surface area (Å²) in [5, 5.41) is 4.63. The summed E-state index contributed by atoms with van der Waals surface area (Å²) in [6.07, 6.45) is 0. The Morgan fingerprint density at radius 2 is 0.893 bits per heavy atom. The second-order valence-electron chi connectivity index (χ2n) is 13.9. The first-order valence-corrected chi connectivity index (χ1v) is 19.5. The summed E-state index contributed by atoms with van der Waals surface area (Å²) in [6, 6.07) is 65.6. The molecule has 8 aromatic carbocycles. The molecule has 0 aliphatic rings. The Bertz CT molecular complexity index is 3230. The highest BCUT2D eigenvalue weighted by Gasteiger charge is 2.20. The monoisotopic (exact) mass is 733 g/mol. The van der Waals surface area contributed by atoms with E-state index in [1.807, 2.05) is 36.4 Å². The molecule has 11 rings (SSSR count). The van der Waals surface area contributed by atoms with E-state index in [2.05, 4.69) is 152 Å². The number of thiophene rings is 1. The molecule has 0 spiro atoms. The second-order valence-corrected chi connectivity index (χ2v) is 15.0. The van der Waals surface area contributed by atoms with Crippen molar-refractivity contribution in [2.24, 2.45) is 0 Å². The number of para-hydroxylation sites is 1. The highest BCUT2D eigenvalue weighted by atomic mass is 32.1. The number of rotatable bonds is 6. The van der Waals surface area contributed by atoms with E-state index in [1.165, 1.54) is 21.0 Å². The first kappa shape index (κ1) is 32.2. The van der Waals surface area contributed by atoms with Crippen molar-refractivity contribution in [2.45, 2.75) is 0 Å². The fraction of sp³-hybridized carbons (Fsp3) is 0. The maximum absolute atomic E-state index is 6.54. The first-order chi connectivity index (χ1) is 27.7. The van der Waals surface area contributed by atoms with Gasteiger partial charge < -0.3 is 4.42 Å². The largest absolute Gasteiger partial charge is 0.456 e. The molecule has 0 N–H and O–H groups in total. The fourth-order valence-corrected chi connectivity index (χ4v) is 9.14. The van der Waals surface area contributed by atoms with Crippen LogP contribution in [0.25, 0.3) is 110 Å². The highest BCUT2D eigenvalue weighted by Crippen LogP contribution is 2.46. The Labute approximate surface area is 327 Å². The van der Waals surface area contributed by atoms with Crippen LogP contribution in [0.15, 0.2) is 192 Å². The lowest BCUT2D eigenvalue weighted by molar-refractivity contribution is 0.669. The normalized spacial score (nSPS) is 11.6. The minimum Gasteiger partial charge on any atom is -0.456 e. The zero-order valence-electron chi connectivity index (χ0n) is 30.1. The van der Waals surface area contributed by atoms with E-state index in [-0.39, 0.29) is 0 Å².